The first-order chi connectivity index (χ1) is 23.8. The number of allylic oxidation sites excluding steroid dienone is 4. The summed E-state index contributed by atoms with van der Waals surface area (Å²) < 4.78 is 5.97. The fraction of sp³-hybridized carbons (Fsp3) is 0.800. The zero-order chi connectivity index (χ0) is 36.2. The van der Waals surface area contributed by atoms with E-state index in [-0.39, 0.29) is 30.9 Å². The van der Waals surface area contributed by atoms with Gasteiger partial charge in [-0.1, -0.05) is 115 Å². The number of hydrogen-bond acceptors (Lipinski definition) is 6. The monoisotopic (exact) mass is 693 g/mol. The Balaban J connectivity index is 4.34. The molecule has 0 bridgehead atoms. The van der Waals surface area contributed by atoms with Crippen molar-refractivity contribution in [3.63, 3.8) is 0 Å². The van der Waals surface area contributed by atoms with Crippen LogP contribution in [-0.4, -0.2) is 59.3 Å². The summed E-state index contributed by atoms with van der Waals surface area (Å²) >= 11 is 0. The predicted octanol–water partition coefficient (Wildman–Crippen LogP) is 8.87. The van der Waals surface area contributed by atoms with Gasteiger partial charge in [-0.2, -0.15) is 0 Å². The number of unbranched alkanes of at least 4 members (excludes halogenated alkanes) is 17. The van der Waals surface area contributed by atoms with Gasteiger partial charge in [0.2, 0.25) is 11.8 Å². The number of amides is 2. The molecule has 4 N–H and O–H groups in total. The van der Waals surface area contributed by atoms with Gasteiger partial charge < -0.3 is 25.6 Å². The Kier molecular flexibility index (Phi) is 33.2. The SMILES string of the molecule is CCC/C=C\CCCCCCCC(=O)OC(CCC/C=C\CCCCCCCC)CCCCCCCC(=O)NCC(=O)NC(CO)C(=O)O. The first-order valence-corrected chi connectivity index (χ1v) is 19.7. The summed E-state index contributed by atoms with van der Waals surface area (Å²) in [5, 5.41) is 22.5. The number of aliphatic hydroxyl groups excluding tert-OH is 1. The quantitative estimate of drug-likeness (QED) is 0.0295. The van der Waals surface area contributed by atoms with Crippen LogP contribution in [0.3, 0.4) is 0 Å². The number of carbonyl (C=O) groups is 4. The highest BCUT2D eigenvalue weighted by atomic mass is 16.5. The lowest BCUT2D eigenvalue weighted by Gasteiger charge is -2.18. The first-order valence-electron chi connectivity index (χ1n) is 19.7. The fourth-order valence-electron chi connectivity index (χ4n) is 5.60. The minimum absolute atomic E-state index is 0.0437. The van der Waals surface area contributed by atoms with Crippen LogP contribution in [-0.2, 0) is 23.9 Å². The van der Waals surface area contributed by atoms with Gasteiger partial charge in [0.1, 0.15) is 12.1 Å². The molecule has 0 aliphatic rings. The van der Waals surface area contributed by atoms with E-state index in [4.69, 9.17) is 14.9 Å². The van der Waals surface area contributed by atoms with Crippen molar-refractivity contribution in [2.45, 2.75) is 193 Å². The number of esters is 1. The third-order valence-corrected chi connectivity index (χ3v) is 8.65. The zero-order valence-corrected chi connectivity index (χ0v) is 31.2. The number of aliphatic hydroxyl groups is 1. The van der Waals surface area contributed by atoms with Gasteiger partial charge in [-0.05, 0) is 77.0 Å². The van der Waals surface area contributed by atoms with Crippen molar-refractivity contribution in [3.8, 4) is 0 Å². The molecule has 0 saturated carbocycles. The molecule has 0 fully saturated rings. The van der Waals surface area contributed by atoms with E-state index in [0.29, 0.717) is 12.8 Å². The lowest BCUT2D eigenvalue weighted by atomic mass is 10.0. The largest absolute Gasteiger partial charge is 0.480 e. The molecule has 49 heavy (non-hydrogen) atoms. The van der Waals surface area contributed by atoms with Crippen LogP contribution in [0.15, 0.2) is 24.3 Å². The summed E-state index contributed by atoms with van der Waals surface area (Å²) in [7, 11) is 0. The van der Waals surface area contributed by atoms with Gasteiger partial charge in [0.05, 0.1) is 13.2 Å². The normalized spacial score (nSPS) is 12.7. The van der Waals surface area contributed by atoms with Gasteiger partial charge in [-0.25, -0.2) is 4.79 Å². The summed E-state index contributed by atoms with van der Waals surface area (Å²) in [6, 6.07) is -1.38. The van der Waals surface area contributed by atoms with Gasteiger partial charge in [0, 0.05) is 12.8 Å². The third kappa shape index (κ3) is 32.3. The Morgan fingerprint density at radius 1 is 0.592 bits per heavy atom. The molecule has 9 heteroatoms. The molecule has 0 aromatic carbocycles. The summed E-state index contributed by atoms with van der Waals surface area (Å²) in [5.41, 5.74) is 0. The Morgan fingerprint density at radius 2 is 1.10 bits per heavy atom. The lowest BCUT2D eigenvalue weighted by molar-refractivity contribution is -0.150. The number of nitrogens with one attached hydrogen (secondary N) is 2. The van der Waals surface area contributed by atoms with Crippen LogP contribution in [0.2, 0.25) is 0 Å². The molecule has 0 aliphatic heterocycles. The first kappa shape index (κ1) is 46.3. The van der Waals surface area contributed by atoms with Crippen molar-refractivity contribution in [3.05, 3.63) is 24.3 Å². The molecule has 0 aromatic heterocycles. The van der Waals surface area contributed by atoms with Gasteiger partial charge in [-0.3, -0.25) is 14.4 Å². The average molecular weight is 693 g/mol. The molecule has 2 atom stereocenters. The molecule has 284 valence electrons. The van der Waals surface area contributed by atoms with Crippen molar-refractivity contribution in [2.75, 3.05) is 13.2 Å². The Labute approximate surface area is 298 Å². The van der Waals surface area contributed by atoms with Gasteiger partial charge in [0.15, 0.2) is 0 Å². The van der Waals surface area contributed by atoms with Crippen molar-refractivity contribution in [2.24, 2.45) is 0 Å². The molecular formula is C40H72N2O7. The van der Waals surface area contributed by atoms with E-state index in [1.807, 2.05) is 0 Å². The van der Waals surface area contributed by atoms with Crippen molar-refractivity contribution < 1.29 is 34.1 Å². The van der Waals surface area contributed by atoms with E-state index in [2.05, 4.69) is 48.8 Å². The van der Waals surface area contributed by atoms with Crippen LogP contribution < -0.4 is 10.6 Å². The number of carboxylic acids is 1. The van der Waals surface area contributed by atoms with Crippen LogP contribution in [0.1, 0.15) is 181 Å². The van der Waals surface area contributed by atoms with Gasteiger partial charge in [-0.15, -0.1) is 0 Å². The average Bonchev–Trinajstić information content (AvgIpc) is 3.08. The van der Waals surface area contributed by atoms with Crippen LogP contribution in [0.4, 0.5) is 0 Å². The van der Waals surface area contributed by atoms with Crippen molar-refractivity contribution in [1.29, 1.82) is 0 Å². The smallest absolute Gasteiger partial charge is 0.328 e. The molecule has 0 spiro atoms. The fourth-order valence-corrected chi connectivity index (χ4v) is 5.60. The molecule has 0 heterocycles. The summed E-state index contributed by atoms with van der Waals surface area (Å²) in [4.78, 5) is 47.4. The number of carboxylic acid groups (broad SMARTS) is 1. The Hall–Kier alpha value is -2.68. The summed E-state index contributed by atoms with van der Waals surface area (Å²) in [6.45, 7) is 3.40. The standard InChI is InChI=1S/C40H72N2O7/c1-3-5-7-9-11-13-15-16-18-21-25-29-35(49-39(46)32-28-24-19-17-14-12-10-8-6-4-2)30-26-22-20-23-27-31-37(44)41-33-38(45)42-36(34-43)40(47)48/h8,10,16,18,35-36,43H,3-7,9,11-15,17,19-34H2,1-2H3,(H,41,44)(H,42,45)(H,47,48)/b10-8-,18-16-. The van der Waals surface area contributed by atoms with E-state index < -0.39 is 24.5 Å². The molecule has 2 amide bonds. The number of hydrogen-bond donors (Lipinski definition) is 4. The number of ether oxygens (including phenoxy) is 1. The second kappa shape index (κ2) is 35.2. The zero-order valence-electron chi connectivity index (χ0n) is 31.2. The van der Waals surface area contributed by atoms with E-state index >= 15 is 0 Å². The maximum atomic E-state index is 12.7. The minimum atomic E-state index is -1.38. The Bertz CT molecular complexity index is 890. The second-order valence-corrected chi connectivity index (χ2v) is 13.4. The molecular weight excluding hydrogens is 620 g/mol. The molecule has 2 unspecified atom stereocenters. The third-order valence-electron chi connectivity index (χ3n) is 8.65. The van der Waals surface area contributed by atoms with Crippen LogP contribution >= 0.6 is 0 Å². The van der Waals surface area contributed by atoms with E-state index in [1.54, 1.807) is 0 Å². The second-order valence-electron chi connectivity index (χ2n) is 13.4. The summed E-state index contributed by atoms with van der Waals surface area (Å²) in [6.07, 6.45) is 36.3. The van der Waals surface area contributed by atoms with Crippen LogP contribution in [0.5, 0.6) is 0 Å². The van der Waals surface area contributed by atoms with Crippen molar-refractivity contribution >= 4 is 23.8 Å². The van der Waals surface area contributed by atoms with Gasteiger partial charge >= 0.3 is 11.9 Å². The van der Waals surface area contributed by atoms with Crippen molar-refractivity contribution in [1.82, 2.24) is 10.6 Å². The highest BCUT2D eigenvalue weighted by Gasteiger charge is 2.19. The molecule has 0 saturated heterocycles. The predicted molar refractivity (Wildman–Crippen MR) is 199 cm³/mol. The molecule has 0 aliphatic carbocycles. The highest BCUT2D eigenvalue weighted by molar-refractivity contribution is 5.87. The van der Waals surface area contributed by atoms with Crippen LogP contribution in [0.25, 0.3) is 0 Å². The van der Waals surface area contributed by atoms with E-state index in [9.17, 15) is 19.2 Å². The minimum Gasteiger partial charge on any atom is -0.480 e. The van der Waals surface area contributed by atoms with E-state index in [1.165, 1.54) is 57.8 Å². The lowest BCUT2D eigenvalue weighted by Crippen LogP contribution is -2.47. The molecule has 9 nitrogen and oxygen atoms in total. The van der Waals surface area contributed by atoms with Crippen LogP contribution in [0, 0.1) is 0 Å². The Morgan fingerprint density at radius 3 is 1.69 bits per heavy atom. The topological polar surface area (TPSA) is 142 Å². The number of rotatable bonds is 35. The van der Waals surface area contributed by atoms with Gasteiger partial charge in [0.25, 0.3) is 0 Å². The molecule has 0 rings (SSSR count). The summed E-state index contributed by atoms with van der Waals surface area (Å²) in [5.74, 6) is -2.32. The maximum absolute atomic E-state index is 12.7. The highest BCUT2D eigenvalue weighted by Crippen LogP contribution is 2.18. The maximum Gasteiger partial charge on any atom is 0.328 e. The number of aliphatic carboxylic acids is 1. The number of carbonyl (C=O) groups excluding carboxylic acids is 3. The molecule has 0 aromatic rings. The molecule has 0 radical (unpaired) electrons. The van der Waals surface area contributed by atoms with E-state index in [0.717, 1.165) is 89.9 Å².